The number of rotatable bonds is 3. The number of para-hydroxylation sites is 1. The minimum Gasteiger partial charge on any atom is -0.493 e. The number of aromatic nitrogens is 2. The van der Waals surface area contributed by atoms with Gasteiger partial charge in [0.25, 0.3) is 5.56 Å². The van der Waals surface area contributed by atoms with E-state index in [1.165, 1.54) is 0 Å². The lowest BCUT2D eigenvalue weighted by molar-refractivity contribution is 0.341. The van der Waals surface area contributed by atoms with Crippen molar-refractivity contribution in [3.63, 3.8) is 0 Å². The second-order valence-electron chi connectivity index (χ2n) is 5.66. The maximum atomic E-state index is 12.6. The summed E-state index contributed by atoms with van der Waals surface area (Å²) in [4.78, 5) is 19.9. The number of hydrogen-bond donors (Lipinski definition) is 1. The molecule has 0 amide bonds. The van der Waals surface area contributed by atoms with Crippen LogP contribution in [-0.2, 0) is 6.42 Å². The number of aromatic amines is 1. The van der Waals surface area contributed by atoms with Gasteiger partial charge in [0.15, 0.2) is 0 Å². The zero-order valence-electron chi connectivity index (χ0n) is 13.5. The van der Waals surface area contributed by atoms with Crippen LogP contribution in [0.5, 0.6) is 17.4 Å². The minimum absolute atomic E-state index is 0.225. The Kier molecular flexibility index (Phi) is 3.93. The molecule has 0 atom stereocenters. The molecule has 2 aromatic carbocycles. The highest BCUT2D eigenvalue weighted by molar-refractivity contribution is 6.30. The van der Waals surface area contributed by atoms with Crippen LogP contribution >= 0.6 is 11.6 Å². The van der Waals surface area contributed by atoms with Gasteiger partial charge in [-0.3, -0.25) is 4.79 Å². The molecule has 0 fully saturated rings. The molecule has 3 aromatic rings. The summed E-state index contributed by atoms with van der Waals surface area (Å²) in [6, 6.07) is 12.8. The number of benzene rings is 2. The van der Waals surface area contributed by atoms with E-state index in [0.717, 1.165) is 11.1 Å². The summed E-state index contributed by atoms with van der Waals surface area (Å²) < 4.78 is 11.5. The van der Waals surface area contributed by atoms with Crippen molar-refractivity contribution in [3.05, 3.63) is 69.0 Å². The highest BCUT2D eigenvalue weighted by atomic mass is 35.5. The molecule has 0 radical (unpaired) electrons. The Balaban J connectivity index is 1.81. The predicted octanol–water partition coefficient (Wildman–Crippen LogP) is 4.19. The summed E-state index contributed by atoms with van der Waals surface area (Å²) >= 11 is 6.02. The van der Waals surface area contributed by atoms with Crippen LogP contribution in [0.25, 0.3) is 11.4 Å². The Morgan fingerprint density at radius 1 is 1.28 bits per heavy atom. The van der Waals surface area contributed by atoms with Gasteiger partial charge >= 0.3 is 0 Å². The summed E-state index contributed by atoms with van der Waals surface area (Å²) in [5.41, 5.74) is 1.86. The molecular formula is C19H15ClN2O3. The van der Waals surface area contributed by atoms with Crippen LogP contribution in [0.1, 0.15) is 18.1 Å². The zero-order valence-corrected chi connectivity index (χ0v) is 14.3. The molecule has 0 saturated heterocycles. The molecule has 1 aliphatic heterocycles. The summed E-state index contributed by atoms with van der Waals surface area (Å²) in [6.07, 6.45) is 0.431. The van der Waals surface area contributed by atoms with Gasteiger partial charge < -0.3 is 14.5 Å². The van der Waals surface area contributed by atoms with Gasteiger partial charge in [-0.1, -0.05) is 23.7 Å². The van der Waals surface area contributed by atoms with Crippen LogP contribution in [0.3, 0.4) is 0 Å². The van der Waals surface area contributed by atoms with Crippen LogP contribution in [0.15, 0.2) is 47.3 Å². The number of halogens is 1. The second-order valence-corrected chi connectivity index (χ2v) is 6.09. The van der Waals surface area contributed by atoms with Gasteiger partial charge in [0.05, 0.1) is 17.7 Å². The van der Waals surface area contributed by atoms with Crippen molar-refractivity contribution in [2.24, 2.45) is 0 Å². The average molecular weight is 355 g/mol. The lowest BCUT2D eigenvalue weighted by Gasteiger charge is -2.19. The van der Waals surface area contributed by atoms with Gasteiger partial charge in [-0.25, -0.2) is 0 Å². The van der Waals surface area contributed by atoms with Gasteiger partial charge in [-0.15, -0.1) is 0 Å². The molecule has 0 aliphatic carbocycles. The fourth-order valence-corrected chi connectivity index (χ4v) is 3.06. The summed E-state index contributed by atoms with van der Waals surface area (Å²) in [6.45, 7) is 2.43. The molecule has 25 heavy (non-hydrogen) atoms. The maximum absolute atomic E-state index is 12.6. The first-order chi connectivity index (χ1) is 12.2. The molecule has 1 aliphatic rings. The summed E-state index contributed by atoms with van der Waals surface area (Å²) in [5.74, 6) is 2.07. The Hall–Kier alpha value is -2.79. The first-order valence-electron chi connectivity index (χ1n) is 7.97. The number of nitrogens with one attached hydrogen (secondary N) is 1. The third kappa shape index (κ3) is 2.87. The highest BCUT2D eigenvalue weighted by Crippen LogP contribution is 2.36. The van der Waals surface area contributed by atoms with Crippen LogP contribution < -0.4 is 15.0 Å². The fourth-order valence-electron chi connectivity index (χ4n) is 2.87. The van der Waals surface area contributed by atoms with Crippen LogP contribution in [0.4, 0.5) is 0 Å². The van der Waals surface area contributed by atoms with E-state index in [4.69, 9.17) is 21.1 Å². The third-order valence-electron chi connectivity index (χ3n) is 4.02. The molecule has 126 valence electrons. The Morgan fingerprint density at radius 3 is 2.96 bits per heavy atom. The van der Waals surface area contributed by atoms with E-state index in [0.29, 0.717) is 46.8 Å². The molecule has 2 heterocycles. The molecule has 0 spiro atoms. The zero-order chi connectivity index (χ0) is 17.4. The van der Waals surface area contributed by atoms with Gasteiger partial charge in [-0.05, 0) is 37.3 Å². The average Bonchev–Trinajstić information content (AvgIpc) is 2.61. The lowest BCUT2D eigenvalue weighted by Crippen LogP contribution is -2.20. The van der Waals surface area contributed by atoms with E-state index in [1.807, 2.05) is 31.2 Å². The molecule has 6 heteroatoms. The molecule has 0 unspecified atom stereocenters. The summed E-state index contributed by atoms with van der Waals surface area (Å²) in [7, 11) is 0. The SMILES string of the molecule is CCOc1ccccc1-c1nc2c(c(=O)[nH]1)Cc1cc(Cl)ccc1O2. The Bertz CT molecular complexity index is 1010. The monoisotopic (exact) mass is 354 g/mol. The van der Waals surface area contributed by atoms with Crippen molar-refractivity contribution in [3.8, 4) is 28.8 Å². The van der Waals surface area contributed by atoms with Crippen LogP contribution in [0, 0.1) is 0 Å². The standard InChI is InChI=1S/C19H15ClN2O3/c1-2-24-16-6-4-3-5-13(16)17-21-18(23)14-10-11-9-12(20)7-8-15(11)25-19(14)22-17/h3-9H,2,10H2,1H3,(H,21,22,23). The largest absolute Gasteiger partial charge is 0.493 e. The maximum Gasteiger partial charge on any atom is 0.258 e. The second kappa shape index (κ2) is 6.26. The first-order valence-corrected chi connectivity index (χ1v) is 8.35. The Morgan fingerprint density at radius 2 is 2.12 bits per heavy atom. The highest BCUT2D eigenvalue weighted by Gasteiger charge is 2.23. The fraction of sp³-hybridized carbons (Fsp3) is 0.158. The van der Waals surface area contributed by atoms with Crippen molar-refractivity contribution in [2.45, 2.75) is 13.3 Å². The third-order valence-corrected chi connectivity index (χ3v) is 4.25. The van der Waals surface area contributed by atoms with E-state index >= 15 is 0 Å². The van der Waals surface area contributed by atoms with Crippen molar-refractivity contribution in [2.75, 3.05) is 6.61 Å². The molecule has 4 rings (SSSR count). The molecular weight excluding hydrogens is 340 g/mol. The van der Waals surface area contributed by atoms with Gasteiger partial charge in [-0.2, -0.15) is 4.98 Å². The predicted molar refractivity (Wildman–Crippen MR) is 95.8 cm³/mol. The first kappa shape index (κ1) is 15.7. The van der Waals surface area contributed by atoms with Crippen LogP contribution in [0.2, 0.25) is 5.02 Å². The molecule has 0 bridgehead atoms. The number of H-pyrrole nitrogens is 1. The normalized spacial score (nSPS) is 12.1. The number of fused-ring (bicyclic) bond motifs is 2. The lowest BCUT2D eigenvalue weighted by atomic mass is 10.0. The summed E-state index contributed by atoms with van der Waals surface area (Å²) in [5, 5.41) is 0.609. The molecule has 1 aromatic heterocycles. The van der Waals surface area contributed by atoms with Crippen molar-refractivity contribution in [1.82, 2.24) is 9.97 Å². The Labute approximate surface area is 149 Å². The van der Waals surface area contributed by atoms with E-state index in [9.17, 15) is 4.79 Å². The van der Waals surface area contributed by atoms with E-state index in [1.54, 1.807) is 18.2 Å². The topological polar surface area (TPSA) is 64.2 Å². The van der Waals surface area contributed by atoms with Crippen LogP contribution in [-0.4, -0.2) is 16.6 Å². The van der Waals surface area contributed by atoms with Crippen molar-refractivity contribution in [1.29, 1.82) is 0 Å². The molecule has 5 nitrogen and oxygen atoms in total. The molecule has 0 saturated carbocycles. The van der Waals surface area contributed by atoms with Crippen molar-refractivity contribution < 1.29 is 9.47 Å². The van der Waals surface area contributed by atoms with Gasteiger partial charge in [0.1, 0.15) is 17.3 Å². The quantitative estimate of drug-likeness (QED) is 0.599. The van der Waals surface area contributed by atoms with Gasteiger partial charge in [0.2, 0.25) is 5.88 Å². The van der Waals surface area contributed by atoms with Crippen molar-refractivity contribution >= 4 is 11.6 Å². The van der Waals surface area contributed by atoms with Gasteiger partial charge in [0, 0.05) is 17.0 Å². The number of hydrogen-bond acceptors (Lipinski definition) is 4. The van der Waals surface area contributed by atoms with E-state index in [-0.39, 0.29) is 5.56 Å². The van der Waals surface area contributed by atoms with E-state index < -0.39 is 0 Å². The smallest absolute Gasteiger partial charge is 0.258 e. The number of nitrogens with zero attached hydrogens (tertiary/aromatic N) is 1. The minimum atomic E-state index is -0.225. The number of ether oxygens (including phenoxy) is 2. The molecule has 1 N–H and O–H groups in total. The van der Waals surface area contributed by atoms with E-state index in [2.05, 4.69) is 9.97 Å².